The van der Waals surface area contributed by atoms with Gasteiger partial charge < -0.3 is 10.6 Å². The molecule has 0 aliphatic heterocycles. The molecule has 1 amide bonds. The van der Waals surface area contributed by atoms with Crippen LogP contribution >= 0.6 is 11.8 Å². The summed E-state index contributed by atoms with van der Waals surface area (Å²) in [5.74, 6) is 1.19. The third-order valence-corrected chi connectivity index (χ3v) is 5.75. The topological polar surface area (TPSA) is 84.7 Å². The van der Waals surface area contributed by atoms with Crippen molar-refractivity contribution in [3.63, 3.8) is 0 Å². The van der Waals surface area contributed by atoms with Crippen molar-refractivity contribution in [2.75, 3.05) is 24.7 Å². The Kier molecular flexibility index (Phi) is 7.24. The van der Waals surface area contributed by atoms with E-state index >= 15 is 0 Å². The van der Waals surface area contributed by atoms with Gasteiger partial charge in [0.05, 0.1) is 18.1 Å². The number of hydrogen-bond acceptors (Lipinski definition) is 6. The van der Waals surface area contributed by atoms with E-state index in [1.165, 1.54) is 11.8 Å². The predicted molar refractivity (Wildman–Crippen MR) is 135 cm³/mol. The number of hydrogen-bond donors (Lipinski definition) is 2. The number of carbonyl (C=O) groups excluding carboxylic acids is 1. The number of amides is 1. The third kappa shape index (κ3) is 5.51. The first kappa shape index (κ1) is 22.8. The molecule has 33 heavy (non-hydrogen) atoms. The first-order valence-electron chi connectivity index (χ1n) is 11.0. The van der Waals surface area contributed by atoms with Gasteiger partial charge in [-0.2, -0.15) is 5.10 Å². The lowest BCUT2D eigenvalue weighted by molar-refractivity contribution is 0.0952. The molecule has 0 fully saturated rings. The van der Waals surface area contributed by atoms with E-state index in [0.29, 0.717) is 29.7 Å². The standard InChI is InChI=1S/C25H28N6OS/c1-17(2)15-27-22-21-16-28-31(23(21)30-25(29-22)33-3)14-13-26-24(32)20-11-9-19(10-12-20)18-7-5-4-6-8-18/h4-12,16-17H,13-15H2,1-3H3,(H,26,32)(H,27,29,30). The van der Waals surface area contributed by atoms with Crippen LogP contribution in [0.15, 0.2) is 66.0 Å². The summed E-state index contributed by atoms with van der Waals surface area (Å²) >= 11 is 1.50. The number of fused-ring (bicyclic) bond motifs is 1. The fourth-order valence-electron chi connectivity index (χ4n) is 3.45. The highest BCUT2D eigenvalue weighted by Crippen LogP contribution is 2.23. The van der Waals surface area contributed by atoms with Crippen LogP contribution in [0.1, 0.15) is 24.2 Å². The van der Waals surface area contributed by atoms with Crippen LogP contribution in [-0.4, -0.2) is 45.0 Å². The van der Waals surface area contributed by atoms with E-state index in [0.717, 1.165) is 34.5 Å². The molecule has 2 aromatic carbocycles. The summed E-state index contributed by atoms with van der Waals surface area (Å²) in [6.45, 7) is 6.10. The molecular weight excluding hydrogens is 432 g/mol. The summed E-state index contributed by atoms with van der Waals surface area (Å²) in [4.78, 5) is 21.8. The second-order valence-corrected chi connectivity index (χ2v) is 8.91. The van der Waals surface area contributed by atoms with E-state index in [4.69, 9.17) is 0 Å². The molecule has 8 heteroatoms. The van der Waals surface area contributed by atoms with Crippen molar-refractivity contribution in [3.8, 4) is 11.1 Å². The molecule has 0 bridgehead atoms. The number of benzene rings is 2. The molecule has 0 unspecified atom stereocenters. The molecule has 0 aliphatic rings. The van der Waals surface area contributed by atoms with Crippen LogP contribution in [0.3, 0.4) is 0 Å². The van der Waals surface area contributed by atoms with Gasteiger partial charge in [-0.1, -0.05) is 68.1 Å². The summed E-state index contributed by atoms with van der Waals surface area (Å²) in [6.07, 6.45) is 3.74. The lowest BCUT2D eigenvalue weighted by Crippen LogP contribution is -2.27. The van der Waals surface area contributed by atoms with Crippen LogP contribution in [0, 0.1) is 5.92 Å². The van der Waals surface area contributed by atoms with E-state index in [2.05, 4.69) is 51.7 Å². The summed E-state index contributed by atoms with van der Waals surface area (Å²) in [6, 6.07) is 17.8. The Labute approximate surface area is 198 Å². The number of aromatic nitrogens is 4. The second kappa shape index (κ2) is 10.5. The molecule has 2 heterocycles. The minimum Gasteiger partial charge on any atom is -0.369 e. The summed E-state index contributed by atoms with van der Waals surface area (Å²) < 4.78 is 1.82. The van der Waals surface area contributed by atoms with Gasteiger partial charge in [-0.05, 0) is 35.4 Å². The number of rotatable bonds is 9. The van der Waals surface area contributed by atoms with Crippen molar-refractivity contribution >= 4 is 34.5 Å². The highest BCUT2D eigenvalue weighted by atomic mass is 32.2. The fraction of sp³-hybridized carbons (Fsp3) is 0.280. The number of nitrogens with one attached hydrogen (secondary N) is 2. The normalized spacial score (nSPS) is 11.2. The summed E-state index contributed by atoms with van der Waals surface area (Å²) in [5, 5.41) is 12.4. The van der Waals surface area contributed by atoms with Gasteiger partial charge in [-0.15, -0.1) is 0 Å². The number of nitrogens with zero attached hydrogens (tertiary/aromatic N) is 4. The van der Waals surface area contributed by atoms with Crippen molar-refractivity contribution in [2.24, 2.45) is 5.92 Å². The van der Waals surface area contributed by atoms with Crippen molar-refractivity contribution < 1.29 is 4.79 Å². The predicted octanol–water partition coefficient (Wildman–Crippen LogP) is 4.71. The van der Waals surface area contributed by atoms with Crippen LogP contribution in [0.5, 0.6) is 0 Å². The van der Waals surface area contributed by atoms with E-state index < -0.39 is 0 Å². The lowest BCUT2D eigenvalue weighted by Gasteiger charge is -2.11. The Bertz CT molecular complexity index is 1220. The maximum Gasteiger partial charge on any atom is 0.251 e. The van der Waals surface area contributed by atoms with Gasteiger partial charge >= 0.3 is 0 Å². The first-order chi connectivity index (χ1) is 16.0. The highest BCUT2D eigenvalue weighted by molar-refractivity contribution is 7.98. The second-order valence-electron chi connectivity index (χ2n) is 8.14. The van der Waals surface area contributed by atoms with Crippen molar-refractivity contribution in [1.82, 2.24) is 25.1 Å². The Morgan fingerprint density at radius 1 is 1.03 bits per heavy atom. The largest absolute Gasteiger partial charge is 0.369 e. The van der Waals surface area contributed by atoms with Gasteiger partial charge in [-0.3, -0.25) is 4.79 Å². The molecule has 0 radical (unpaired) electrons. The van der Waals surface area contributed by atoms with Crippen LogP contribution in [0.2, 0.25) is 0 Å². The average molecular weight is 461 g/mol. The monoisotopic (exact) mass is 460 g/mol. The van der Waals surface area contributed by atoms with Crippen molar-refractivity contribution in [2.45, 2.75) is 25.5 Å². The molecule has 0 saturated heterocycles. The molecule has 0 aliphatic carbocycles. The highest BCUT2D eigenvalue weighted by Gasteiger charge is 2.13. The zero-order valence-corrected chi connectivity index (χ0v) is 19.9. The molecular formula is C25H28N6OS. The summed E-state index contributed by atoms with van der Waals surface area (Å²) in [5.41, 5.74) is 3.61. The Balaban J connectivity index is 1.41. The van der Waals surface area contributed by atoms with Crippen LogP contribution in [0.4, 0.5) is 5.82 Å². The smallest absolute Gasteiger partial charge is 0.251 e. The molecule has 4 aromatic rings. The van der Waals surface area contributed by atoms with Gasteiger partial charge in [0, 0.05) is 18.7 Å². The van der Waals surface area contributed by atoms with E-state index in [-0.39, 0.29) is 5.91 Å². The van der Waals surface area contributed by atoms with Crippen molar-refractivity contribution in [1.29, 1.82) is 0 Å². The molecule has 7 nitrogen and oxygen atoms in total. The lowest BCUT2D eigenvalue weighted by atomic mass is 10.0. The Hall–Kier alpha value is -3.39. The fourth-order valence-corrected chi connectivity index (χ4v) is 3.81. The van der Waals surface area contributed by atoms with Gasteiger partial charge in [0.1, 0.15) is 5.82 Å². The molecule has 170 valence electrons. The van der Waals surface area contributed by atoms with Crippen LogP contribution < -0.4 is 10.6 Å². The number of thioether (sulfide) groups is 1. The molecule has 2 aromatic heterocycles. The van der Waals surface area contributed by atoms with Gasteiger partial charge in [0.25, 0.3) is 5.91 Å². The SMILES string of the molecule is CSc1nc(NCC(C)C)c2cnn(CCNC(=O)c3ccc(-c4ccccc4)cc3)c2n1. The molecule has 0 saturated carbocycles. The molecule has 0 atom stereocenters. The molecule has 0 spiro atoms. The number of anilines is 1. The van der Waals surface area contributed by atoms with Gasteiger partial charge in [0.2, 0.25) is 0 Å². The quantitative estimate of drug-likeness (QED) is 0.278. The first-order valence-corrected chi connectivity index (χ1v) is 12.2. The number of carbonyl (C=O) groups is 1. The van der Waals surface area contributed by atoms with Crippen molar-refractivity contribution in [3.05, 3.63) is 66.4 Å². The maximum atomic E-state index is 12.6. The summed E-state index contributed by atoms with van der Waals surface area (Å²) in [7, 11) is 0. The molecule has 4 rings (SSSR count). The van der Waals surface area contributed by atoms with Crippen LogP contribution in [-0.2, 0) is 6.54 Å². The van der Waals surface area contributed by atoms with E-state index in [1.54, 1.807) is 6.20 Å². The maximum absolute atomic E-state index is 12.6. The Morgan fingerprint density at radius 2 is 1.76 bits per heavy atom. The minimum atomic E-state index is -0.107. The Morgan fingerprint density at radius 3 is 2.45 bits per heavy atom. The van der Waals surface area contributed by atoms with E-state index in [1.807, 2.05) is 53.4 Å². The molecule has 2 N–H and O–H groups in total. The average Bonchev–Trinajstić information content (AvgIpc) is 3.26. The van der Waals surface area contributed by atoms with E-state index in [9.17, 15) is 4.79 Å². The van der Waals surface area contributed by atoms with Crippen LogP contribution in [0.25, 0.3) is 22.2 Å². The minimum absolute atomic E-state index is 0.107. The third-order valence-electron chi connectivity index (χ3n) is 5.20. The van der Waals surface area contributed by atoms with Gasteiger partial charge in [-0.25, -0.2) is 14.6 Å². The van der Waals surface area contributed by atoms with Gasteiger partial charge in [0.15, 0.2) is 10.8 Å². The zero-order chi connectivity index (χ0) is 23.2. The zero-order valence-electron chi connectivity index (χ0n) is 19.1.